The van der Waals surface area contributed by atoms with Gasteiger partial charge in [-0.1, -0.05) is 0 Å². The van der Waals surface area contributed by atoms with Crippen molar-refractivity contribution in [1.82, 2.24) is 6.15 Å². The summed E-state index contributed by atoms with van der Waals surface area (Å²) in [5.41, 5.74) is 9.81. The Morgan fingerprint density at radius 2 is 0.682 bits per heavy atom. The summed E-state index contributed by atoms with van der Waals surface area (Å²) in [6, 6.07) is 0. The summed E-state index contributed by atoms with van der Waals surface area (Å²) in [4.78, 5) is 36.0. The third-order valence-electron chi connectivity index (χ3n) is 0.167. The predicted molar refractivity (Wildman–Crippen MR) is 76.4 cm³/mol. The molecule has 0 radical (unpaired) electrons. The van der Waals surface area contributed by atoms with Crippen molar-refractivity contribution in [2.24, 2.45) is 11.5 Å². The fourth-order valence-corrected chi connectivity index (χ4v) is 0. The number of nitrogens with two attached hydrogens (primary N) is 2. The molecular formula is C10H27FeN3O8. The smallest absolute Gasteiger partial charge is 0.300 e. The van der Waals surface area contributed by atoms with Crippen LogP contribution in [0.5, 0.6) is 0 Å². The maximum atomic E-state index is 9.00. The second-order valence-electron chi connectivity index (χ2n) is 2.65. The van der Waals surface area contributed by atoms with Crippen LogP contribution >= 0.6 is 0 Å². The van der Waals surface area contributed by atoms with E-state index in [1.165, 1.54) is 0 Å². The SMILES string of the molecule is CC(=O)O.CC(=O)O.CC(=O)O.CC(=O)O.N.NCCN.[Fe]. The summed E-state index contributed by atoms with van der Waals surface area (Å²) >= 11 is 0. The Balaban J connectivity index is -0.0000000250. The van der Waals surface area contributed by atoms with Crippen LogP contribution in [-0.4, -0.2) is 57.4 Å². The molecule has 0 saturated heterocycles. The van der Waals surface area contributed by atoms with Crippen LogP contribution in [0.25, 0.3) is 0 Å². The third-order valence-corrected chi connectivity index (χ3v) is 0.167. The van der Waals surface area contributed by atoms with Gasteiger partial charge in [0, 0.05) is 57.9 Å². The van der Waals surface area contributed by atoms with Gasteiger partial charge >= 0.3 is 0 Å². The number of carbonyl (C=O) groups is 4. The molecule has 0 rings (SSSR count). The van der Waals surface area contributed by atoms with Crippen LogP contribution in [-0.2, 0) is 36.2 Å². The first-order valence-corrected chi connectivity index (χ1v) is 5.03. The van der Waals surface area contributed by atoms with Crippen LogP contribution in [0.1, 0.15) is 27.7 Å². The molecular weight excluding hydrogens is 346 g/mol. The number of hydrogen-bond acceptors (Lipinski definition) is 7. The van der Waals surface area contributed by atoms with Gasteiger partial charge in [-0.3, -0.25) is 19.2 Å². The first-order valence-electron chi connectivity index (χ1n) is 5.03. The third kappa shape index (κ3) is 10500. The van der Waals surface area contributed by atoms with Crippen LogP contribution in [0.2, 0.25) is 0 Å². The van der Waals surface area contributed by atoms with Gasteiger partial charge in [0.1, 0.15) is 0 Å². The Morgan fingerprint density at radius 3 is 0.682 bits per heavy atom. The number of hydrogen-bond donors (Lipinski definition) is 7. The second-order valence-corrected chi connectivity index (χ2v) is 2.65. The van der Waals surface area contributed by atoms with Crippen molar-refractivity contribution in [3.05, 3.63) is 0 Å². The zero-order chi connectivity index (χ0) is 17.7. The molecule has 22 heavy (non-hydrogen) atoms. The molecule has 0 aliphatic carbocycles. The molecule has 11 nitrogen and oxygen atoms in total. The average molecular weight is 373 g/mol. The van der Waals surface area contributed by atoms with E-state index in [2.05, 4.69) is 0 Å². The molecule has 0 aliphatic rings. The predicted octanol–water partition coefficient (Wildman–Crippen LogP) is -0.573. The van der Waals surface area contributed by atoms with E-state index >= 15 is 0 Å². The molecule has 0 fully saturated rings. The van der Waals surface area contributed by atoms with Crippen LogP contribution in [0, 0.1) is 0 Å². The van der Waals surface area contributed by atoms with Gasteiger partial charge in [0.25, 0.3) is 23.9 Å². The Morgan fingerprint density at radius 1 is 0.636 bits per heavy atom. The van der Waals surface area contributed by atoms with Gasteiger partial charge in [-0.05, 0) is 0 Å². The van der Waals surface area contributed by atoms with Crippen molar-refractivity contribution in [2.75, 3.05) is 13.1 Å². The van der Waals surface area contributed by atoms with Crippen molar-refractivity contribution in [3.63, 3.8) is 0 Å². The monoisotopic (exact) mass is 373 g/mol. The number of rotatable bonds is 1. The van der Waals surface area contributed by atoms with Crippen LogP contribution < -0.4 is 17.6 Å². The zero-order valence-corrected chi connectivity index (χ0v) is 14.2. The van der Waals surface area contributed by atoms with E-state index in [-0.39, 0.29) is 23.2 Å². The molecule has 0 unspecified atom stereocenters. The molecule has 0 spiro atoms. The normalized spacial score (nSPS) is 5.91. The van der Waals surface area contributed by atoms with E-state index < -0.39 is 23.9 Å². The maximum absolute atomic E-state index is 9.00. The fraction of sp³-hybridized carbons (Fsp3) is 0.600. The van der Waals surface area contributed by atoms with E-state index in [0.717, 1.165) is 27.7 Å². The van der Waals surface area contributed by atoms with Gasteiger partial charge in [-0.25, -0.2) is 0 Å². The van der Waals surface area contributed by atoms with Crippen molar-refractivity contribution in [2.45, 2.75) is 27.7 Å². The van der Waals surface area contributed by atoms with Crippen LogP contribution in [0.4, 0.5) is 0 Å². The molecule has 0 aromatic rings. The maximum Gasteiger partial charge on any atom is 0.300 e. The molecule has 0 bridgehead atoms. The van der Waals surface area contributed by atoms with Gasteiger partial charge in [0.2, 0.25) is 0 Å². The van der Waals surface area contributed by atoms with Gasteiger partial charge in [0.15, 0.2) is 0 Å². The minimum atomic E-state index is -0.833. The molecule has 0 saturated carbocycles. The summed E-state index contributed by atoms with van der Waals surface area (Å²) in [6.07, 6.45) is 0. The molecule has 11 N–H and O–H groups in total. The Hall–Kier alpha value is -1.72. The fourth-order valence-electron chi connectivity index (χ4n) is 0. The summed E-state index contributed by atoms with van der Waals surface area (Å²) in [5.74, 6) is -3.33. The van der Waals surface area contributed by atoms with E-state index in [1.807, 2.05) is 0 Å². The molecule has 0 aromatic carbocycles. The first-order chi connectivity index (χ1) is 8.84. The van der Waals surface area contributed by atoms with Crippen molar-refractivity contribution < 1.29 is 56.7 Å². The van der Waals surface area contributed by atoms with E-state index in [1.54, 1.807) is 0 Å². The Kier molecular flexibility index (Phi) is 83.0. The Labute approximate surface area is 139 Å². The topological polar surface area (TPSA) is 236 Å². The van der Waals surface area contributed by atoms with Crippen LogP contribution in [0.3, 0.4) is 0 Å². The number of carboxylic acid groups (broad SMARTS) is 4. The molecule has 0 aromatic heterocycles. The largest absolute Gasteiger partial charge is 0.481 e. The van der Waals surface area contributed by atoms with E-state index in [4.69, 9.17) is 51.1 Å². The van der Waals surface area contributed by atoms with E-state index in [9.17, 15) is 0 Å². The number of aliphatic carboxylic acids is 4. The van der Waals surface area contributed by atoms with E-state index in [0.29, 0.717) is 13.1 Å². The molecule has 0 amide bonds. The minimum absolute atomic E-state index is 0. The molecule has 0 aliphatic heterocycles. The van der Waals surface area contributed by atoms with Gasteiger partial charge in [-0.2, -0.15) is 0 Å². The van der Waals surface area contributed by atoms with Gasteiger partial charge in [0.05, 0.1) is 0 Å². The standard InChI is InChI=1S/C2H8N2.4C2H4O2.Fe.H3N/c3-1-2-4;4*1-2(3)4;;/h1-4H2;4*1H3,(H,3,4);;1H3. The summed E-state index contributed by atoms with van der Waals surface area (Å²) < 4.78 is 0. The summed E-state index contributed by atoms with van der Waals surface area (Å²) in [5, 5.41) is 29.7. The molecule has 0 heterocycles. The van der Waals surface area contributed by atoms with Gasteiger partial charge in [-0.15, -0.1) is 0 Å². The average Bonchev–Trinajstić information content (AvgIpc) is 2.13. The summed E-state index contributed by atoms with van der Waals surface area (Å²) in [7, 11) is 0. The quantitative estimate of drug-likeness (QED) is 0.287. The Bertz CT molecular complexity index is 199. The first kappa shape index (κ1) is 42.7. The minimum Gasteiger partial charge on any atom is -0.481 e. The van der Waals surface area contributed by atoms with Crippen LogP contribution in [0.15, 0.2) is 0 Å². The van der Waals surface area contributed by atoms with Gasteiger partial charge < -0.3 is 38.0 Å². The molecule has 12 heteroatoms. The zero-order valence-electron chi connectivity index (χ0n) is 13.1. The molecule has 138 valence electrons. The molecule has 0 atom stereocenters. The second kappa shape index (κ2) is 42.7. The van der Waals surface area contributed by atoms with Crippen molar-refractivity contribution >= 4 is 23.9 Å². The van der Waals surface area contributed by atoms with Crippen molar-refractivity contribution in [1.29, 1.82) is 0 Å². The summed E-state index contributed by atoms with van der Waals surface area (Å²) in [6.45, 7) is 5.53. The number of carboxylic acids is 4. The van der Waals surface area contributed by atoms with Crippen molar-refractivity contribution in [3.8, 4) is 0 Å².